The first-order chi connectivity index (χ1) is 11.0. The number of benzene rings is 1. The number of likely N-dealkylation sites (N-methyl/N-ethyl adjacent to an activating group) is 1. The van der Waals surface area contributed by atoms with Gasteiger partial charge in [0.15, 0.2) is 0 Å². The van der Waals surface area contributed by atoms with Crippen LogP contribution in [0.15, 0.2) is 30.5 Å². The van der Waals surface area contributed by atoms with Crippen molar-refractivity contribution in [3.63, 3.8) is 0 Å². The molecule has 0 atom stereocenters. The molecule has 2 N–H and O–H groups in total. The van der Waals surface area contributed by atoms with E-state index in [4.69, 9.17) is 0 Å². The minimum atomic E-state index is -0.239. The highest BCUT2D eigenvalue weighted by molar-refractivity contribution is 6.03. The van der Waals surface area contributed by atoms with E-state index in [0.29, 0.717) is 11.6 Å². The molecule has 6 heteroatoms. The van der Waals surface area contributed by atoms with Crippen LogP contribution in [0.5, 0.6) is 0 Å². The van der Waals surface area contributed by atoms with Gasteiger partial charge >= 0.3 is 0 Å². The second kappa shape index (κ2) is 7.69. The summed E-state index contributed by atoms with van der Waals surface area (Å²) in [7, 11) is 3.99. The van der Waals surface area contributed by atoms with Crippen molar-refractivity contribution in [2.45, 2.75) is 13.8 Å². The van der Waals surface area contributed by atoms with Gasteiger partial charge in [-0.05, 0) is 51.2 Å². The molecule has 1 amide bonds. The van der Waals surface area contributed by atoms with Crippen LogP contribution < -0.4 is 10.6 Å². The number of anilines is 2. The molecule has 1 aromatic heterocycles. The van der Waals surface area contributed by atoms with Crippen LogP contribution in [-0.4, -0.2) is 48.0 Å². The van der Waals surface area contributed by atoms with E-state index >= 15 is 0 Å². The molecule has 0 unspecified atom stereocenters. The summed E-state index contributed by atoms with van der Waals surface area (Å²) in [5.74, 6) is 0.220. The standard InChI is InChI=1S/C17H23N5O/c1-12-6-5-7-14(13(12)2)20-16(23)15-8-9-18-17(21-15)19-10-11-22(3)4/h5-9H,10-11H2,1-4H3,(H,20,23)(H,18,19,21). The Morgan fingerprint density at radius 1 is 1.22 bits per heavy atom. The first kappa shape index (κ1) is 16.9. The Balaban J connectivity index is 2.06. The lowest BCUT2D eigenvalue weighted by Gasteiger charge is -2.12. The minimum Gasteiger partial charge on any atom is -0.353 e. The van der Waals surface area contributed by atoms with Crippen molar-refractivity contribution >= 4 is 17.5 Å². The number of aromatic nitrogens is 2. The van der Waals surface area contributed by atoms with Crippen LogP contribution >= 0.6 is 0 Å². The zero-order valence-corrected chi connectivity index (χ0v) is 14.1. The Labute approximate surface area is 137 Å². The van der Waals surface area contributed by atoms with Gasteiger partial charge in [-0.2, -0.15) is 0 Å². The zero-order chi connectivity index (χ0) is 16.8. The Morgan fingerprint density at radius 3 is 2.74 bits per heavy atom. The maximum atomic E-state index is 12.4. The van der Waals surface area contributed by atoms with E-state index in [2.05, 4.69) is 25.5 Å². The molecule has 0 radical (unpaired) electrons. The molecular formula is C17H23N5O. The highest BCUT2D eigenvalue weighted by Crippen LogP contribution is 2.18. The number of hydrogen-bond acceptors (Lipinski definition) is 5. The van der Waals surface area contributed by atoms with E-state index in [9.17, 15) is 4.79 Å². The Bertz CT molecular complexity index is 684. The number of carbonyl (C=O) groups excluding carboxylic acids is 1. The van der Waals surface area contributed by atoms with Crippen molar-refractivity contribution in [1.29, 1.82) is 0 Å². The number of hydrogen-bond donors (Lipinski definition) is 2. The molecule has 0 bridgehead atoms. The molecule has 0 saturated heterocycles. The van der Waals surface area contributed by atoms with Crippen molar-refractivity contribution in [2.75, 3.05) is 37.8 Å². The molecule has 1 heterocycles. The summed E-state index contributed by atoms with van der Waals surface area (Å²) in [6.07, 6.45) is 1.59. The number of carbonyl (C=O) groups is 1. The molecule has 0 spiro atoms. The van der Waals surface area contributed by atoms with Crippen LogP contribution in [0, 0.1) is 13.8 Å². The minimum absolute atomic E-state index is 0.239. The lowest BCUT2D eigenvalue weighted by atomic mass is 10.1. The molecule has 0 saturated carbocycles. The Kier molecular flexibility index (Phi) is 5.65. The molecule has 0 fully saturated rings. The number of amides is 1. The molecule has 0 aliphatic rings. The first-order valence-corrected chi connectivity index (χ1v) is 7.56. The van der Waals surface area contributed by atoms with Crippen LogP contribution in [0.1, 0.15) is 21.6 Å². The van der Waals surface area contributed by atoms with E-state index < -0.39 is 0 Å². The Morgan fingerprint density at radius 2 is 2.00 bits per heavy atom. The zero-order valence-electron chi connectivity index (χ0n) is 14.1. The second-order valence-electron chi connectivity index (χ2n) is 5.70. The van der Waals surface area contributed by atoms with Gasteiger partial charge in [0.25, 0.3) is 5.91 Å². The van der Waals surface area contributed by atoms with Crippen molar-refractivity contribution in [3.8, 4) is 0 Å². The van der Waals surface area contributed by atoms with Gasteiger partial charge in [-0.1, -0.05) is 12.1 Å². The summed E-state index contributed by atoms with van der Waals surface area (Å²) in [6.45, 7) is 5.58. The molecule has 6 nitrogen and oxygen atoms in total. The van der Waals surface area contributed by atoms with E-state index in [1.54, 1.807) is 12.3 Å². The van der Waals surface area contributed by atoms with Crippen molar-refractivity contribution in [2.24, 2.45) is 0 Å². The number of nitrogens with one attached hydrogen (secondary N) is 2. The highest BCUT2D eigenvalue weighted by atomic mass is 16.1. The fraction of sp³-hybridized carbons (Fsp3) is 0.353. The molecular weight excluding hydrogens is 290 g/mol. The topological polar surface area (TPSA) is 70.2 Å². The molecule has 1 aromatic carbocycles. The summed E-state index contributed by atoms with van der Waals surface area (Å²) in [5, 5.41) is 6.02. The second-order valence-corrected chi connectivity index (χ2v) is 5.70. The normalized spacial score (nSPS) is 10.7. The maximum Gasteiger partial charge on any atom is 0.274 e. The van der Waals surface area contributed by atoms with Crippen molar-refractivity contribution in [1.82, 2.24) is 14.9 Å². The summed E-state index contributed by atoms with van der Waals surface area (Å²) in [5.41, 5.74) is 3.33. The third-order valence-electron chi connectivity index (χ3n) is 3.58. The molecule has 2 rings (SSSR count). The number of nitrogens with zero attached hydrogens (tertiary/aromatic N) is 3. The van der Waals surface area contributed by atoms with Gasteiger partial charge < -0.3 is 15.5 Å². The molecule has 23 heavy (non-hydrogen) atoms. The van der Waals surface area contributed by atoms with Gasteiger partial charge in [-0.25, -0.2) is 9.97 Å². The lowest BCUT2D eigenvalue weighted by molar-refractivity contribution is 0.102. The maximum absolute atomic E-state index is 12.4. The van der Waals surface area contributed by atoms with Crippen LogP contribution in [0.25, 0.3) is 0 Å². The smallest absolute Gasteiger partial charge is 0.274 e. The molecule has 122 valence electrons. The average Bonchev–Trinajstić information content (AvgIpc) is 2.52. The van der Waals surface area contributed by atoms with Crippen LogP contribution in [0.2, 0.25) is 0 Å². The predicted molar refractivity (Wildman–Crippen MR) is 92.9 cm³/mol. The fourth-order valence-corrected chi connectivity index (χ4v) is 2.03. The monoisotopic (exact) mass is 313 g/mol. The van der Waals surface area contributed by atoms with E-state index in [-0.39, 0.29) is 5.91 Å². The van der Waals surface area contributed by atoms with Crippen LogP contribution in [0.3, 0.4) is 0 Å². The Hall–Kier alpha value is -2.47. The van der Waals surface area contributed by atoms with Gasteiger partial charge in [0.1, 0.15) is 5.69 Å². The van der Waals surface area contributed by atoms with Gasteiger partial charge in [-0.15, -0.1) is 0 Å². The van der Waals surface area contributed by atoms with Crippen LogP contribution in [-0.2, 0) is 0 Å². The number of rotatable bonds is 6. The van der Waals surface area contributed by atoms with E-state index in [1.807, 2.05) is 46.1 Å². The summed E-state index contributed by atoms with van der Waals surface area (Å²) in [4.78, 5) is 22.8. The molecule has 0 aliphatic carbocycles. The summed E-state index contributed by atoms with van der Waals surface area (Å²) in [6, 6.07) is 7.43. The van der Waals surface area contributed by atoms with E-state index in [1.165, 1.54) is 0 Å². The van der Waals surface area contributed by atoms with E-state index in [0.717, 1.165) is 29.9 Å². The van der Waals surface area contributed by atoms with Gasteiger partial charge in [0, 0.05) is 25.0 Å². The largest absolute Gasteiger partial charge is 0.353 e. The highest BCUT2D eigenvalue weighted by Gasteiger charge is 2.11. The van der Waals surface area contributed by atoms with Crippen LogP contribution in [0.4, 0.5) is 11.6 Å². The SMILES string of the molecule is Cc1cccc(NC(=O)c2ccnc(NCCN(C)C)n2)c1C. The van der Waals surface area contributed by atoms with Gasteiger partial charge in [0.05, 0.1) is 0 Å². The van der Waals surface area contributed by atoms with Gasteiger partial charge in [-0.3, -0.25) is 4.79 Å². The quantitative estimate of drug-likeness (QED) is 0.856. The van der Waals surface area contributed by atoms with Crippen molar-refractivity contribution < 1.29 is 4.79 Å². The molecule has 0 aliphatic heterocycles. The molecule has 2 aromatic rings. The summed E-state index contributed by atoms with van der Waals surface area (Å²) >= 11 is 0. The average molecular weight is 313 g/mol. The fourth-order valence-electron chi connectivity index (χ4n) is 2.03. The first-order valence-electron chi connectivity index (χ1n) is 7.56. The lowest BCUT2D eigenvalue weighted by Crippen LogP contribution is -2.22. The summed E-state index contributed by atoms with van der Waals surface area (Å²) < 4.78 is 0. The van der Waals surface area contributed by atoms with Gasteiger partial charge in [0.2, 0.25) is 5.95 Å². The van der Waals surface area contributed by atoms with Crippen molar-refractivity contribution in [3.05, 3.63) is 47.3 Å². The predicted octanol–water partition coefficient (Wildman–Crippen LogP) is 2.32. The number of aryl methyl sites for hydroxylation is 1. The third kappa shape index (κ3) is 4.75. The third-order valence-corrected chi connectivity index (χ3v) is 3.58.